The van der Waals surface area contributed by atoms with Crippen LogP contribution in [0.5, 0.6) is 5.75 Å². The molecule has 0 fully saturated rings. The van der Waals surface area contributed by atoms with Gasteiger partial charge in [-0.25, -0.2) is 15.0 Å². The van der Waals surface area contributed by atoms with Gasteiger partial charge in [0.2, 0.25) is 5.95 Å². The summed E-state index contributed by atoms with van der Waals surface area (Å²) in [7, 11) is 1.62. The van der Waals surface area contributed by atoms with E-state index in [0.29, 0.717) is 17.4 Å². The number of hydrogen-bond donors (Lipinski definition) is 1. The largest absolute Gasteiger partial charge is 0.497 e. The Kier molecular flexibility index (Phi) is 4.47. The molecule has 0 aliphatic carbocycles. The molecule has 152 valence electrons. The molecule has 0 unspecified atom stereocenters. The van der Waals surface area contributed by atoms with Crippen molar-refractivity contribution in [1.82, 2.24) is 29.5 Å². The van der Waals surface area contributed by atoms with Crippen molar-refractivity contribution in [3.8, 4) is 17.1 Å². The van der Waals surface area contributed by atoms with Crippen LogP contribution >= 0.6 is 0 Å². The molecule has 0 bridgehead atoms. The Labute approximate surface area is 176 Å². The quantitative estimate of drug-likeness (QED) is 0.481. The number of nitrogens with zero attached hydrogens (tertiary/aromatic N) is 6. The van der Waals surface area contributed by atoms with Crippen LogP contribution in [0, 0.1) is 6.92 Å². The van der Waals surface area contributed by atoms with Crippen LogP contribution < -0.4 is 15.6 Å². The van der Waals surface area contributed by atoms with Crippen LogP contribution in [0.4, 0.5) is 11.6 Å². The monoisotopic (exact) mass is 411 g/mol. The Morgan fingerprint density at radius 3 is 2.68 bits per heavy atom. The molecule has 0 radical (unpaired) electrons. The number of hydrogen-bond acceptors (Lipinski definition) is 8. The second kappa shape index (κ2) is 7.45. The highest BCUT2D eigenvalue weighted by Gasteiger charge is 2.17. The number of benzene rings is 2. The maximum Gasteiger partial charge on any atom is 0.295 e. The number of aromatic nitrogens is 6. The predicted octanol–water partition coefficient (Wildman–Crippen LogP) is 3.16. The molecule has 1 N–H and O–H groups in total. The molecular formula is C22H17N7O2. The molecule has 0 saturated heterocycles. The average Bonchev–Trinajstić information content (AvgIpc) is 3.13. The lowest BCUT2D eigenvalue weighted by Crippen LogP contribution is -2.12. The van der Waals surface area contributed by atoms with Crippen molar-refractivity contribution in [2.75, 3.05) is 12.4 Å². The molecule has 9 nitrogen and oxygen atoms in total. The summed E-state index contributed by atoms with van der Waals surface area (Å²) in [5, 5.41) is 8.58. The van der Waals surface area contributed by atoms with E-state index in [1.54, 1.807) is 11.6 Å². The molecule has 3 heterocycles. The summed E-state index contributed by atoms with van der Waals surface area (Å²) in [6.07, 6.45) is 4.19. The zero-order valence-electron chi connectivity index (χ0n) is 16.8. The molecule has 31 heavy (non-hydrogen) atoms. The topological polar surface area (TPSA) is 107 Å². The molecule has 3 aromatic heterocycles. The summed E-state index contributed by atoms with van der Waals surface area (Å²) in [5.74, 6) is 1.62. The van der Waals surface area contributed by atoms with Crippen molar-refractivity contribution in [2.45, 2.75) is 6.92 Å². The van der Waals surface area contributed by atoms with Gasteiger partial charge in [-0.3, -0.25) is 9.78 Å². The van der Waals surface area contributed by atoms with E-state index < -0.39 is 5.56 Å². The zero-order chi connectivity index (χ0) is 21.4. The first kappa shape index (κ1) is 18.6. The summed E-state index contributed by atoms with van der Waals surface area (Å²) in [6, 6.07) is 13.3. The summed E-state index contributed by atoms with van der Waals surface area (Å²) in [5.41, 5.74) is 2.95. The van der Waals surface area contributed by atoms with Crippen molar-refractivity contribution >= 4 is 28.2 Å². The minimum atomic E-state index is -0.452. The van der Waals surface area contributed by atoms with Crippen molar-refractivity contribution in [2.24, 2.45) is 0 Å². The third kappa shape index (κ3) is 3.31. The van der Waals surface area contributed by atoms with Crippen LogP contribution in [0.1, 0.15) is 5.56 Å². The normalized spacial score (nSPS) is 11.0. The highest BCUT2D eigenvalue weighted by molar-refractivity contribution is 5.95. The van der Waals surface area contributed by atoms with E-state index >= 15 is 0 Å². The van der Waals surface area contributed by atoms with Gasteiger partial charge in [0.25, 0.3) is 5.56 Å². The van der Waals surface area contributed by atoms with E-state index in [1.165, 1.54) is 18.6 Å². The fraction of sp³-hybridized carbons (Fsp3) is 0.0909. The van der Waals surface area contributed by atoms with Gasteiger partial charge in [0.1, 0.15) is 11.4 Å². The van der Waals surface area contributed by atoms with Crippen LogP contribution in [0.3, 0.4) is 0 Å². The summed E-state index contributed by atoms with van der Waals surface area (Å²) in [4.78, 5) is 29.6. The number of anilines is 2. The number of rotatable bonds is 4. The second-order valence-corrected chi connectivity index (χ2v) is 6.85. The first-order chi connectivity index (χ1) is 15.1. The van der Waals surface area contributed by atoms with Crippen LogP contribution in [0.2, 0.25) is 0 Å². The molecule has 5 rings (SSSR count). The Morgan fingerprint density at radius 1 is 1.03 bits per heavy atom. The Hall–Kier alpha value is -4.40. The third-order valence-corrected chi connectivity index (χ3v) is 4.88. The SMILES string of the molecule is COc1ccc(-c2nc3c4c(C)cccc4nc(Nc4cnccnc4=O)n3n2)cc1. The molecule has 5 aromatic rings. The van der Waals surface area contributed by atoms with E-state index in [4.69, 9.17) is 14.7 Å². The van der Waals surface area contributed by atoms with Gasteiger partial charge in [-0.2, -0.15) is 4.52 Å². The summed E-state index contributed by atoms with van der Waals surface area (Å²) in [6.45, 7) is 2.00. The fourth-order valence-electron chi connectivity index (χ4n) is 3.35. The summed E-state index contributed by atoms with van der Waals surface area (Å²) < 4.78 is 6.83. The predicted molar refractivity (Wildman–Crippen MR) is 117 cm³/mol. The van der Waals surface area contributed by atoms with Crippen molar-refractivity contribution < 1.29 is 4.74 Å². The molecule has 9 heteroatoms. The van der Waals surface area contributed by atoms with E-state index in [1.807, 2.05) is 49.4 Å². The van der Waals surface area contributed by atoms with Gasteiger partial charge in [-0.05, 0) is 42.8 Å². The van der Waals surface area contributed by atoms with Crippen LogP contribution in [0.15, 0.2) is 65.8 Å². The van der Waals surface area contributed by atoms with Crippen molar-refractivity contribution in [3.63, 3.8) is 0 Å². The molecule has 0 saturated carbocycles. The van der Waals surface area contributed by atoms with Crippen molar-refractivity contribution in [3.05, 3.63) is 77.0 Å². The molecule has 0 spiro atoms. The third-order valence-electron chi connectivity index (χ3n) is 4.88. The highest BCUT2D eigenvalue weighted by Crippen LogP contribution is 2.27. The lowest BCUT2D eigenvalue weighted by atomic mass is 10.1. The van der Waals surface area contributed by atoms with Crippen LogP contribution in [-0.2, 0) is 0 Å². The van der Waals surface area contributed by atoms with Crippen LogP contribution in [-0.4, -0.2) is 36.7 Å². The molecule has 0 aliphatic rings. The molecule has 0 amide bonds. The van der Waals surface area contributed by atoms with E-state index in [-0.39, 0.29) is 5.69 Å². The van der Waals surface area contributed by atoms with Gasteiger partial charge >= 0.3 is 0 Å². The average molecular weight is 411 g/mol. The minimum absolute atomic E-state index is 0.187. The lowest BCUT2D eigenvalue weighted by molar-refractivity contribution is 0.415. The van der Waals surface area contributed by atoms with E-state index in [2.05, 4.69) is 20.4 Å². The first-order valence-electron chi connectivity index (χ1n) is 9.52. The zero-order valence-corrected chi connectivity index (χ0v) is 16.8. The molecule has 0 atom stereocenters. The Balaban J connectivity index is 1.75. The molecule has 0 aliphatic heterocycles. The number of fused-ring (bicyclic) bond motifs is 3. The van der Waals surface area contributed by atoms with Gasteiger partial charge < -0.3 is 10.1 Å². The van der Waals surface area contributed by atoms with Crippen molar-refractivity contribution in [1.29, 1.82) is 0 Å². The first-order valence-corrected chi connectivity index (χ1v) is 9.52. The number of nitrogens with one attached hydrogen (secondary N) is 1. The number of methoxy groups -OCH3 is 1. The smallest absolute Gasteiger partial charge is 0.295 e. The Morgan fingerprint density at radius 2 is 1.87 bits per heavy atom. The van der Waals surface area contributed by atoms with Gasteiger partial charge in [0.15, 0.2) is 11.5 Å². The van der Waals surface area contributed by atoms with Gasteiger partial charge in [0.05, 0.1) is 18.8 Å². The number of ether oxygens (including phenoxy) is 1. The fourth-order valence-corrected chi connectivity index (χ4v) is 3.35. The number of aryl methyl sites for hydroxylation is 1. The Bertz CT molecular complexity index is 1480. The lowest BCUT2D eigenvalue weighted by Gasteiger charge is -2.08. The molecule has 2 aromatic carbocycles. The van der Waals surface area contributed by atoms with Gasteiger partial charge in [-0.1, -0.05) is 12.1 Å². The highest BCUT2D eigenvalue weighted by atomic mass is 16.5. The second-order valence-electron chi connectivity index (χ2n) is 6.85. The van der Waals surface area contributed by atoms with E-state index in [9.17, 15) is 4.79 Å². The van der Waals surface area contributed by atoms with Gasteiger partial charge in [-0.15, -0.1) is 5.10 Å². The maximum atomic E-state index is 12.3. The van der Waals surface area contributed by atoms with E-state index in [0.717, 1.165) is 27.8 Å². The maximum absolute atomic E-state index is 12.3. The standard InChI is InChI=1S/C22H17N7O2/c1-13-4-3-5-16-18(13)20-27-19(14-6-8-15(31-2)9-7-14)28-29(20)22(25-16)26-17-12-23-10-11-24-21(17)30/h3-12H,1-2H3,(H,24,25,26,30). The van der Waals surface area contributed by atoms with Gasteiger partial charge in [0, 0.05) is 23.3 Å². The van der Waals surface area contributed by atoms with Crippen LogP contribution in [0.25, 0.3) is 27.9 Å². The molecular weight excluding hydrogens is 394 g/mol. The minimum Gasteiger partial charge on any atom is -0.497 e. The summed E-state index contributed by atoms with van der Waals surface area (Å²) >= 11 is 0.